The van der Waals surface area contributed by atoms with Crippen molar-refractivity contribution in [3.63, 3.8) is 0 Å². The molecule has 112 valence electrons. The van der Waals surface area contributed by atoms with E-state index >= 15 is 0 Å². The summed E-state index contributed by atoms with van der Waals surface area (Å²) in [5, 5.41) is 2.96. The molecule has 1 amide bonds. The molecular formula is C15H30N2O2. The Labute approximate surface area is 117 Å². The molecular weight excluding hydrogens is 240 g/mol. The van der Waals surface area contributed by atoms with E-state index in [1.54, 1.807) is 0 Å². The summed E-state index contributed by atoms with van der Waals surface area (Å²) in [6, 6.07) is 0. The van der Waals surface area contributed by atoms with Gasteiger partial charge in [-0.05, 0) is 40.5 Å². The van der Waals surface area contributed by atoms with Crippen molar-refractivity contribution in [2.75, 3.05) is 6.54 Å². The van der Waals surface area contributed by atoms with Crippen LogP contribution in [-0.2, 0) is 9.53 Å². The van der Waals surface area contributed by atoms with Crippen LogP contribution in [0.2, 0.25) is 0 Å². The van der Waals surface area contributed by atoms with Gasteiger partial charge >= 0.3 is 0 Å². The molecule has 1 aliphatic carbocycles. The maximum Gasteiger partial charge on any atom is 0.249 e. The van der Waals surface area contributed by atoms with Gasteiger partial charge in [-0.1, -0.05) is 25.7 Å². The van der Waals surface area contributed by atoms with E-state index < -0.39 is 6.10 Å². The number of hydrogen-bond acceptors (Lipinski definition) is 3. The van der Waals surface area contributed by atoms with E-state index in [4.69, 9.17) is 10.5 Å². The monoisotopic (exact) mass is 270 g/mol. The standard InChI is InChI=1S/C15H30N2O2/c1-12(13(18)17-14(2,3)4)19-15(11-16)9-7-5-6-8-10-15/h12H,5-11,16H2,1-4H3,(H,17,18). The largest absolute Gasteiger partial charge is 0.361 e. The Hall–Kier alpha value is -0.610. The van der Waals surface area contributed by atoms with Gasteiger partial charge in [0, 0.05) is 12.1 Å². The third kappa shape index (κ3) is 5.49. The van der Waals surface area contributed by atoms with Crippen molar-refractivity contribution in [2.45, 2.75) is 83.5 Å². The number of carbonyl (C=O) groups is 1. The average molecular weight is 270 g/mol. The summed E-state index contributed by atoms with van der Waals surface area (Å²) >= 11 is 0. The quantitative estimate of drug-likeness (QED) is 0.771. The molecule has 0 radical (unpaired) electrons. The summed E-state index contributed by atoms with van der Waals surface area (Å²) in [5.74, 6) is -0.0513. The predicted molar refractivity (Wildman–Crippen MR) is 77.9 cm³/mol. The van der Waals surface area contributed by atoms with Gasteiger partial charge in [-0.2, -0.15) is 0 Å². The number of ether oxygens (including phenoxy) is 1. The Morgan fingerprint density at radius 3 is 2.21 bits per heavy atom. The van der Waals surface area contributed by atoms with E-state index in [2.05, 4.69) is 5.32 Å². The van der Waals surface area contributed by atoms with Gasteiger partial charge in [0.2, 0.25) is 5.91 Å². The minimum atomic E-state index is -0.444. The third-order valence-corrected chi connectivity index (χ3v) is 3.68. The number of nitrogens with one attached hydrogen (secondary N) is 1. The van der Waals surface area contributed by atoms with Crippen molar-refractivity contribution in [1.82, 2.24) is 5.32 Å². The molecule has 1 rings (SSSR count). The number of amides is 1. The second-order valence-electron chi connectivity index (χ2n) is 6.80. The summed E-state index contributed by atoms with van der Waals surface area (Å²) in [7, 11) is 0. The van der Waals surface area contributed by atoms with E-state index in [1.807, 2.05) is 27.7 Å². The molecule has 0 aliphatic heterocycles. The molecule has 0 saturated heterocycles. The van der Waals surface area contributed by atoms with Crippen LogP contribution in [0.25, 0.3) is 0 Å². The average Bonchev–Trinajstić information content (AvgIpc) is 2.53. The van der Waals surface area contributed by atoms with Crippen LogP contribution in [0, 0.1) is 0 Å². The lowest BCUT2D eigenvalue weighted by atomic mass is 9.94. The molecule has 1 atom stereocenters. The molecule has 0 heterocycles. The van der Waals surface area contributed by atoms with Gasteiger partial charge in [-0.15, -0.1) is 0 Å². The predicted octanol–water partition coefficient (Wildman–Crippen LogP) is 2.36. The second-order valence-corrected chi connectivity index (χ2v) is 6.80. The Morgan fingerprint density at radius 1 is 1.26 bits per heavy atom. The number of carbonyl (C=O) groups excluding carboxylic acids is 1. The van der Waals surface area contributed by atoms with Crippen molar-refractivity contribution in [1.29, 1.82) is 0 Å². The third-order valence-electron chi connectivity index (χ3n) is 3.68. The lowest BCUT2D eigenvalue weighted by molar-refractivity contribution is -0.148. The molecule has 1 unspecified atom stereocenters. The maximum absolute atomic E-state index is 12.1. The minimum absolute atomic E-state index is 0.0513. The minimum Gasteiger partial charge on any atom is -0.361 e. The summed E-state index contributed by atoms with van der Waals surface area (Å²) in [4.78, 5) is 12.1. The van der Waals surface area contributed by atoms with E-state index in [1.165, 1.54) is 12.8 Å². The SMILES string of the molecule is CC(OC1(CN)CCCCCC1)C(=O)NC(C)(C)C. The zero-order chi connectivity index (χ0) is 14.5. The number of rotatable bonds is 4. The van der Waals surface area contributed by atoms with Crippen molar-refractivity contribution in [2.24, 2.45) is 5.73 Å². The van der Waals surface area contributed by atoms with Crippen LogP contribution < -0.4 is 11.1 Å². The van der Waals surface area contributed by atoms with Gasteiger partial charge in [0.05, 0.1) is 5.60 Å². The van der Waals surface area contributed by atoms with Crippen LogP contribution in [0.4, 0.5) is 0 Å². The lowest BCUT2D eigenvalue weighted by Gasteiger charge is -2.35. The first-order valence-electron chi connectivity index (χ1n) is 7.48. The molecule has 0 aromatic rings. The second kappa shape index (κ2) is 6.71. The van der Waals surface area contributed by atoms with Gasteiger partial charge in [0.1, 0.15) is 6.10 Å². The van der Waals surface area contributed by atoms with Crippen molar-refractivity contribution >= 4 is 5.91 Å². The van der Waals surface area contributed by atoms with Crippen molar-refractivity contribution < 1.29 is 9.53 Å². The molecule has 0 bridgehead atoms. The Kier molecular flexibility index (Phi) is 5.81. The molecule has 19 heavy (non-hydrogen) atoms. The molecule has 3 N–H and O–H groups in total. The highest BCUT2D eigenvalue weighted by Crippen LogP contribution is 2.30. The summed E-state index contributed by atoms with van der Waals surface area (Å²) in [5.41, 5.74) is 5.40. The van der Waals surface area contributed by atoms with E-state index in [0.717, 1.165) is 25.7 Å². The summed E-state index contributed by atoms with van der Waals surface area (Å²) < 4.78 is 6.08. The van der Waals surface area contributed by atoms with Crippen LogP contribution in [0.15, 0.2) is 0 Å². The van der Waals surface area contributed by atoms with Crippen LogP contribution >= 0.6 is 0 Å². The lowest BCUT2D eigenvalue weighted by Crippen LogP contribution is -2.50. The molecule has 4 heteroatoms. The number of nitrogens with two attached hydrogens (primary N) is 1. The molecule has 0 spiro atoms. The van der Waals surface area contributed by atoms with Gasteiger partial charge in [-0.25, -0.2) is 0 Å². The molecule has 1 fully saturated rings. The zero-order valence-corrected chi connectivity index (χ0v) is 12.9. The highest BCUT2D eigenvalue weighted by Gasteiger charge is 2.34. The zero-order valence-electron chi connectivity index (χ0n) is 12.9. The Bertz CT molecular complexity index is 289. The summed E-state index contributed by atoms with van der Waals surface area (Å²) in [6.07, 6.45) is 6.27. The van der Waals surface area contributed by atoms with Gasteiger partial charge < -0.3 is 15.8 Å². The summed E-state index contributed by atoms with van der Waals surface area (Å²) in [6.45, 7) is 8.25. The van der Waals surface area contributed by atoms with E-state index in [0.29, 0.717) is 6.54 Å². The van der Waals surface area contributed by atoms with E-state index in [-0.39, 0.29) is 17.0 Å². The molecule has 0 aromatic heterocycles. The van der Waals surface area contributed by atoms with Crippen LogP contribution in [0.1, 0.15) is 66.2 Å². The first-order valence-corrected chi connectivity index (χ1v) is 7.48. The Morgan fingerprint density at radius 2 is 1.79 bits per heavy atom. The van der Waals surface area contributed by atoms with Gasteiger partial charge in [-0.3, -0.25) is 4.79 Å². The van der Waals surface area contributed by atoms with Gasteiger partial charge in [0.15, 0.2) is 0 Å². The Balaban J connectivity index is 2.61. The van der Waals surface area contributed by atoms with E-state index in [9.17, 15) is 4.79 Å². The fourth-order valence-electron chi connectivity index (χ4n) is 2.64. The fourth-order valence-corrected chi connectivity index (χ4v) is 2.64. The highest BCUT2D eigenvalue weighted by atomic mass is 16.5. The first-order chi connectivity index (χ1) is 8.78. The maximum atomic E-state index is 12.1. The number of hydrogen-bond donors (Lipinski definition) is 2. The smallest absolute Gasteiger partial charge is 0.249 e. The first kappa shape index (κ1) is 16.4. The van der Waals surface area contributed by atoms with Gasteiger partial charge in [0.25, 0.3) is 0 Å². The molecule has 0 aromatic carbocycles. The van der Waals surface area contributed by atoms with Crippen LogP contribution in [0.5, 0.6) is 0 Å². The normalized spacial score (nSPS) is 21.5. The molecule has 4 nitrogen and oxygen atoms in total. The molecule has 1 aliphatic rings. The molecule has 1 saturated carbocycles. The fraction of sp³-hybridized carbons (Fsp3) is 0.933. The van der Waals surface area contributed by atoms with Crippen LogP contribution in [-0.4, -0.2) is 29.7 Å². The van der Waals surface area contributed by atoms with Crippen molar-refractivity contribution in [3.8, 4) is 0 Å². The highest BCUT2D eigenvalue weighted by molar-refractivity contribution is 5.81. The van der Waals surface area contributed by atoms with Crippen LogP contribution in [0.3, 0.4) is 0 Å². The van der Waals surface area contributed by atoms with Crippen molar-refractivity contribution in [3.05, 3.63) is 0 Å². The topological polar surface area (TPSA) is 64.3 Å².